The van der Waals surface area contributed by atoms with Crippen molar-refractivity contribution in [2.75, 3.05) is 0 Å². The summed E-state index contributed by atoms with van der Waals surface area (Å²) in [5.74, 6) is -0.905. The van der Waals surface area contributed by atoms with Gasteiger partial charge in [0.05, 0.1) is 4.90 Å². The molecule has 0 saturated heterocycles. The third-order valence-corrected chi connectivity index (χ3v) is 6.13. The lowest BCUT2D eigenvalue weighted by Gasteiger charge is -2.36. The zero-order valence-electron chi connectivity index (χ0n) is 11.7. The lowest BCUT2D eigenvalue weighted by Crippen LogP contribution is -2.56. The van der Waals surface area contributed by atoms with Gasteiger partial charge in [-0.3, -0.25) is 4.79 Å². The second kappa shape index (κ2) is 6.21. The highest BCUT2D eigenvalue weighted by molar-refractivity contribution is 14.1. The van der Waals surface area contributed by atoms with Gasteiger partial charge in [0.1, 0.15) is 5.54 Å². The third-order valence-electron chi connectivity index (χ3n) is 3.86. The summed E-state index contributed by atoms with van der Waals surface area (Å²) < 4.78 is 28.3. The molecular formula is C14H18INO4S. The van der Waals surface area contributed by atoms with E-state index in [4.69, 9.17) is 0 Å². The second-order valence-corrected chi connectivity index (χ2v) is 8.58. The fourth-order valence-electron chi connectivity index (χ4n) is 2.81. The summed E-state index contributed by atoms with van der Waals surface area (Å²) in [4.78, 5) is 11.8. The molecule has 0 bridgehead atoms. The number of carbonyl (C=O) groups is 1. The van der Waals surface area contributed by atoms with Crippen molar-refractivity contribution in [1.82, 2.24) is 4.72 Å². The van der Waals surface area contributed by atoms with Crippen LogP contribution in [0.3, 0.4) is 0 Å². The fourth-order valence-corrected chi connectivity index (χ4v) is 4.57. The van der Waals surface area contributed by atoms with Crippen molar-refractivity contribution < 1.29 is 18.3 Å². The van der Waals surface area contributed by atoms with E-state index in [0.29, 0.717) is 19.3 Å². The summed E-state index contributed by atoms with van der Waals surface area (Å²) in [5.41, 5.74) is -1.39. The van der Waals surface area contributed by atoms with E-state index in [1.807, 2.05) is 6.92 Å². The first-order valence-electron chi connectivity index (χ1n) is 6.78. The molecule has 1 saturated carbocycles. The van der Waals surface area contributed by atoms with Gasteiger partial charge in [-0.05, 0) is 65.6 Å². The molecule has 7 heteroatoms. The van der Waals surface area contributed by atoms with Crippen molar-refractivity contribution in [3.05, 3.63) is 27.8 Å². The lowest BCUT2D eigenvalue weighted by atomic mass is 9.77. The van der Waals surface area contributed by atoms with Gasteiger partial charge in [0, 0.05) is 3.57 Å². The average Bonchev–Trinajstić information content (AvgIpc) is 2.38. The Hall–Kier alpha value is -0.670. The van der Waals surface area contributed by atoms with Crippen molar-refractivity contribution in [3.8, 4) is 0 Å². The highest BCUT2D eigenvalue weighted by atomic mass is 127. The Kier molecular flexibility index (Phi) is 4.94. The predicted molar refractivity (Wildman–Crippen MR) is 87.5 cm³/mol. The minimum absolute atomic E-state index is 0.0989. The standard InChI is InChI=1S/C14H18INO4S/c1-10-3-2-8-14(9-10,13(17)18)16-21(19,20)12-6-4-11(15)5-7-12/h4-7,10,16H,2-3,8-9H2,1H3,(H,17,18). The summed E-state index contributed by atoms with van der Waals surface area (Å²) in [6, 6.07) is 6.36. The Morgan fingerprint density at radius 1 is 1.38 bits per heavy atom. The van der Waals surface area contributed by atoms with Crippen LogP contribution in [0.5, 0.6) is 0 Å². The van der Waals surface area contributed by atoms with Gasteiger partial charge in [-0.25, -0.2) is 8.42 Å². The molecule has 0 aromatic heterocycles. The maximum atomic E-state index is 12.5. The Balaban J connectivity index is 2.32. The molecule has 0 heterocycles. The zero-order chi connectivity index (χ0) is 15.7. The number of rotatable bonds is 4. The van der Waals surface area contributed by atoms with E-state index in [9.17, 15) is 18.3 Å². The van der Waals surface area contributed by atoms with Crippen LogP contribution >= 0.6 is 22.6 Å². The number of aliphatic carboxylic acids is 1. The maximum Gasteiger partial charge on any atom is 0.324 e. The van der Waals surface area contributed by atoms with E-state index in [1.165, 1.54) is 12.1 Å². The monoisotopic (exact) mass is 423 g/mol. The van der Waals surface area contributed by atoms with Gasteiger partial charge in [-0.15, -0.1) is 0 Å². The van der Waals surface area contributed by atoms with Gasteiger partial charge in [-0.2, -0.15) is 4.72 Å². The van der Waals surface area contributed by atoms with Crippen LogP contribution < -0.4 is 4.72 Å². The molecule has 1 aromatic rings. The molecule has 0 amide bonds. The second-order valence-electron chi connectivity index (χ2n) is 5.65. The van der Waals surface area contributed by atoms with Crippen molar-refractivity contribution >= 4 is 38.6 Å². The topological polar surface area (TPSA) is 83.5 Å². The Morgan fingerprint density at radius 3 is 2.52 bits per heavy atom. The Bertz CT molecular complexity index is 629. The van der Waals surface area contributed by atoms with Gasteiger partial charge in [-0.1, -0.05) is 19.8 Å². The van der Waals surface area contributed by atoms with Gasteiger partial charge in [0.25, 0.3) is 0 Å². The molecule has 0 radical (unpaired) electrons. The number of halogens is 1. The number of carboxylic acid groups (broad SMARTS) is 1. The normalized spacial score (nSPS) is 26.5. The van der Waals surface area contributed by atoms with Crippen molar-refractivity contribution in [1.29, 1.82) is 0 Å². The summed E-state index contributed by atoms with van der Waals surface area (Å²) in [5, 5.41) is 9.53. The van der Waals surface area contributed by atoms with E-state index in [0.717, 1.165) is 9.99 Å². The van der Waals surface area contributed by atoms with Crippen LogP contribution in [0, 0.1) is 9.49 Å². The molecule has 1 aromatic carbocycles. The number of nitrogens with one attached hydrogen (secondary N) is 1. The van der Waals surface area contributed by atoms with Gasteiger partial charge in [0.2, 0.25) is 10.0 Å². The molecule has 2 atom stereocenters. The Morgan fingerprint density at radius 2 is 2.00 bits per heavy atom. The summed E-state index contributed by atoms with van der Waals surface area (Å²) >= 11 is 2.09. The van der Waals surface area contributed by atoms with E-state index < -0.39 is 21.5 Å². The van der Waals surface area contributed by atoms with Crippen LogP contribution in [0.15, 0.2) is 29.2 Å². The average molecular weight is 423 g/mol. The summed E-state index contributed by atoms with van der Waals surface area (Å²) in [7, 11) is -3.84. The summed E-state index contributed by atoms with van der Waals surface area (Å²) in [6.07, 6.45) is 2.30. The highest BCUT2D eigenvalue weighted by Crippen LogP contribution is 2.33. The van der Waals surface area contributed by atoms with Crippen LogP contribution in [0.4, 0.5) is 0 Å². The molecule has 0 spiro atoms. The molecule has 1 aliphatic rings. The number of benzene rings is 1. The first kappa shape index (κ1) is 16.7. The first-order valence-corrected chi connectivity index (χ1v) is 9.34. The minimum Gasteiger partial charge on any atom is -0.480 e. The Labute approximate surface area is 138 Å². The number of sulfonamides is 1. The number of hydrogen-bond donors (Lipinski definition) is 2. The smallest absolute Gasteiger partial charge is 0.324 e. The minimum atomic E-state index is -3.84. The fraction of sp³-hybridized carbons (Fsp3) is 0.500. The largest absolute Gasteiger partial charge is 0.480 e. The van der Waals surface area contributed by atoms with Crippen LogP contribution in [0.25, 0.3) is 0 Å². The highest BCUT2D eigenvalue weighted by Gasteiger charge is 2.45. The number of hydrogen-bond acceptors (Lipinski definition) is 3. The molecule has 1 fully saturated rings. The molecule has 2 rings (SSSR count). The molecule has 0 aliphatic heterocycles. The predicted octanol–water partition coefficient (Wildman–Crippen LogP) is 2.60. The lowest BCUT2D eigenvalue weighted by molar-refractivity contribution is -0.146. The van der Waals surface area contributed by atoms with Crippen LogP contribution in [-0.4, -0.2) is 25.0 Å². The van der Waals surface area contributed by atoms with E-state index in [1.54, 1.807) is 12.1 Å². The van der Waals surface area contributed by atoms with Gasteiger partial charge in [0.15, 0.2) is 0 Å². The van der Waals surface area contributed by atoms with Crippen LogP contribution in [-0.2, 0) is 14.8 Å². The van der Waals surface area contributed by atoms with E-state index >= 15 is 0 Å². The SMILES string of the molecule is CC1CCCC(NS(=O)(=O)c2ccc(I)cc2)(C(=O)O)C1. The molecule has 2 unspecified atom stereocenters. The summed E-state index contributed by atoms with van der Waals surface area (Å²) in [6.45, 7) is 1.95. The molecule has 2 N–H and O–H groups in total. The molecule has 116 valence electrons. The van der Waals surface area contributed by atoms with Crippen molar-refractivity contribution in [2.24, 2.45) is 5.92 Å². The van der Waals surface area contributed by atoms with Gasteiger partial charge >= 0.3 is 5.97 Å². The molecule has 21 heavy (non-hydrogen) atoms. The molecule has 1 aliphatic carbocycles. The van der Waals surface area contributed by atoms with Crippen LogP contribution in [0.2, 0.25) is 0 Å². The van der Waals surface area contributed by atoms with Gasteiger partial charge < -0.3 is 5.11 Å². The van der Waals surface area contributed by atoms with E-state index in [-0.39, 0.29) is 10.8 Å². The first-order chi connectivity index (χ1) is 9.75. The van der Waals surface area contributed by atoms with Crippen molar-refractivity contribution in [3.63, 3.8) is 0 Å². The van der Waals surface area contributed by atoms with Crippen LogP contribution in [0.1, 0.15) is 32.6 Å². The van der Waals surface area contributed by atoms with E-state index in [2.05, 4.69) is 27.3 Å². The number of carboxylic acids is 1. The quantitative estimate of drug-likeness (QED) is 0.730. The van der Waals surface area contributed by atoms with Crippen molar-refractivity contribution in [2.45, 2.75) is 43.0 Å². The molecular weight excluding hydrogens is 405 g/mol. The maximum absolute atomic E-state index is 12.5. The molecule has 5 nitrogen and oxygen atoms in total. The third kappa shape index (κ3) is 3.75. The zero-order valence-corrected chi connectivity index (χ0v) is 14.6.